The van der Waals surface area contributed by atoms with E-state index in [1.165, 1.54) is 17.3 Å². The Morgan fingerprint density at radius 3 is 2.46 bits per heavy atom. The molecule has 0 unspecified atom stereocenters. The highest BCUT2D eigenvalue weighted by Crippen LogP contribution is 2.36. The quantitative estimate of drug-likeness (QED) is 0.566. The van der Waals surface area contributed by atoms with E-state index in [1.54, 1.807) is 6.07 Å². The zero-order chi connectivity index (χ0) is 24.4. The van der Waals surface area contributed by atoms with Crippen LogP contribution in [-0.2, 0) is 30.5 Å². The molecule has 0 bridgehead atoms. The van der Waals surface area contributed by atoms with Crippen molar-refractivity contribution in [3.05, 3.63) is 101 Å². The number of nitrogens with one attached hydrogen (secondary N) is 1. The average molecular weight is 480 g/mol. The van der Waals surface area contributed by atoms with Crippen molar-refractivity contribution in [3.8, 4) is 0 Å². The fourth-order valence-corrected chi connectivity index (χ4v) is 5.28. The lowest BCUT2D eigenvalue weighted by Gasteiger charge is -2.49. The van der Waals surface area contributed by atoms with Gasteiger partial charge in [0, 0.05) is 38.4 Å². The summed E-state index contributed by atoms with van der Waals surface area (Å²) in [6.45, 7) is 3.38. The maximum Gasteiger partial charge on any atom is 0.416 e. The second-order valence-corrected chi connectivity index (χ2v) is 9.34. The summed E-state index contributed by atoms with van der Waals surface area (Å²) in [4.78, 5) is 18.1. The summed E-state index contributed by atoms with van der Waals surface area (Å²) in [6, 6.07) is 23.6. The molecule has 0 saturated carbocycles. The number of hydrogen-bond donors (Lipinski definition) is 1. The minimum Gasteiger partial charge on any atom is -0.365 e. The summed E-state index contributed by atoms with van der Waals surface area (Å²) in [5.74, 6) is -0.400. The molecule has 4 nitrogen and oxygen atoms in total. The van der Waals surface area contributed by atoms with Crippen LogP contribution in [0.5, 0.6) is 0 Å². The molecule has 1 saturated heterocycles. The average Bonchev–Trinajstić information content (AvgIpc) is 2.87. The van der Waals surface area contributed by atoms with Gasteiger partial charge in [-0.15, -0.1) is 0 Å². The van der Waals surface area contributed by atoms with Crippen molar-refractivity contribution in [2.75, 3.05) is 24.5 Å². The first-order valence-corrected chi connectivity index (χ1v) is 11.9. The molecule has 0 radical (unpaired) electrons. The smallest absolute Gasteiger partial charge is 0.365 e. The second kappa shape index (κ2) is 9.74. The van der Waals surface area contributed by atoms with Crippen LogP contribution in [0.3, 0.4) is 0 Å². The Labute approximate surface area is 203 Å². The number of rotatable bonds is 5. The number of fused-ring (bicyclic) bond motifs is 3. The van der Waals surface area contributed by atoms with Gasteiger partial charge >= 0.3 is 6.18 Å². The Morgan fingerprint density at radius 2 is 1.66 bits per heavy atom. The molecule has 5 rings (SSSR count). The SMILES string of the molecule is O=C(NCc1cccc(C(F)(F)F)c1)[C@H]1Cc2ccccc2N2CCN(Cc3ccccc3)C[C@H]12. The summed E-state index contributed by atoms with van der Waals surface area (Å²) in [7, 11) is 0. The molecule has 35 heavy (non-hydrogen) atoms. The highest BCUT2D eigenvalue weighted by molar-refractivity contribution is 5.82. The van der Waals surface area contributed by atoms with Crippen LogP contribution < -0.4 is 10.2 Å². The highest BCUT2D eigenvalue weighted by Gasteiger charge is 2.41. The van der Waals surface area contributed by atoms with Gasteiger partial charge in [-0.05, 0) is 41.3 Å². The van der Waals surface area contributed by atoms with E-state index in [-0.39, 0.29) is 24.4 Å². The molecule has 7 heteroatoms. The van der Waals surface area contributed by atoms with Gasteiger partial charge in [0.25, 0.3) is 0 Å². The molecule has 3 aromatic carbocycles. The van der Waals surface area contributed by atoms with Crippen molar-refractivity contribution in [2.45, 2.75) is 31.7 Å². The fourth-order valence-electron chi connectivity index (χ4n) is 5.28. The standard InChI is InChI=1S/C28H28F3N3O/c29-28(30,31)23-11-6-9-21(15-23)17-32-27(35)24-16-22-10-4-5-12-25(22)34-14-13-33(19-26(24)34)18-20-7-2-1-3-8-20/h1-12,15,24,26H,13-14,16-19H2,(H,32,35)/t24-,26+/m0/s1. The fraction of sp³-hybridized carbons (Fsp3) is 0.321. The maximum absolute atomic E-state index is 13.4. The predicted molar refractivity (Wildman–Crippen MR) is 130 cm³/mol. The molecule has 2 aliphatic rings. The molecule has 0 aliphatic carbocycles. The van der Waals surface area contributed by atoms with Crippen molar-refractivity contribution in [1.82, 2.24) is 10.2 Å². The van der Waals surface area contributed by atoms with Crippen LogP contribution >= 0.6 is 0 Å². The highest BCUT2D eigenvalue weighted by atomic mass is 19.4. The van der Waals surface area contributed by atoms with Crippen LogP contribution in [0.15, 0.2) is 78.9 Å². The number of nitrogens with zero attached hydrogens (tertiary/aromatic N) is 2. The Bertz CT molecular complexity index is 1180. The topological polar surface area (TPSA) is 35.6 Å². The second-order valence-electron chi connectivity index (χ2n) is 9.34. The van der Waals surface area contributed by atoms with Crippen molar-refractivity contribution in [2.24, 2.45) is 5.92 Å². The van der Waals surface area contributed by atoms with Gasteiger partial charge in [-0.2, -0.15) is 13.2 Å². The molecule has 1 fully saturated rings. The summed E-state index contributed by atoms with van der Waals surface area (Å²) < 4.78 is 39.2. The van der Waals surface area contributed by atoms with Crippen LogP contribution in [0.4, 0.5) is 18.9 Å². The maximum atomic E-state index is 13.4. The monoisotopic (exact) mass is 479 g/mol. The lowest BCUT2D eigenvalue weighted by molar-refractivity contribution is -0.137. The number of amides is 1. The first kappa shape index (κ1) is 23.4. The Morgan fingerprint density at radius 1 is 0.914 bits per heavy atom. The lowest BCUT2D eigenvalue weighted by Crippen LogP contribution is -2.60. The molecular formula is C28H28F3N3O. The van der Waals surface area contributed by atoms with Crippen LogP contribution in [0, 0.1) is 5.92 Å². The largest absolute Gasteiger partial charge is 0.416 e. The zero-order valence-corrected chi connectivity index (χ0v) is 19.3. The van der Waals surface area contributed by atoms with Crippen LogP contribution in [0.1, 0.15) is 22.3 Å². The normalized spacial score (nSPS) is 20.1. The third-order valence-corrected chi connectivity index (χ3v) is 7.01. The molecule has 1 N–H and O–H groups in total. The van der Waals surface area contributed by atoms with E-state index in [0.717, 1.165) is 43.9 Å². The van der Waals surface area contributed by atoms with Gasteiger partial charge in [-0.25, -0.2) is 0 Å². The van der Waals surface area contributed by atoms with Gasteiger partial charge < -0.3 is 10.2 Å². The van der Waals surface area contributed by atoms with Gasteiger partial charge in [0.15, 0.2) is 0 Å². The number of anilines is 1. The third-order valence-electron chi connectivity index (χ3n) is 7.01. The Hall–Kier alpha value is -3.32. The molecule has 182 valence electrons. The number of piperazine rings is 1. The summed E-state index contributed by atoms with van der Waals surface area (Å²) in [5, 5.41) is 2.92. The molecular weight excluding hydrogens is 451 g/mol. The van der Waals surface area contributed by atoms with Crippen LogP contribution in [-0.4, -0.2) is 36.5 Å². The van der Waals surface area contributed by atoms with Crippen molar-refractivity contribution in [1.29, 1.82) is 0 Å². The van der Waals surface area contributed by atoms with Gasteiger partial charge in [0.05, 0.1) is 17.5 Å². The first-order valence-electron chi connectivity index (χ1n) is 11.9. The zero-order valence-electron chi connectivity index (χ0n) is 19.3. The molecule has 2 heterocycles. The summed E-state index contributed by atoms with van der Waals surface area (Å²) in [6.07, 6.45) is -3.79. The third kappa shape index (κ3) is 5.20. The van der Waals surface area contributed by atoms with E-state index in [4.69, 9.17) is 0 Å². The van der Waals surface area contributed by atoms with Gasteiger partial charge in [-0.3, -0.25) is 9.69 Å². The van der Waals surface area contributed by atoms with E-state index in [0.29, 0.717) is 12.0 Å². The van der Waals surface area contributed by atoms with Crippen molar-refractivity contribution >= 4 is 11.6 Å². The minimum absolute atomic E-state index is 0.00358. The number of alkyl halides is 3. The van der Waals surface area contributed by atoms with E-state index in [9.17, 15) is 18.0 Å². The number of carbonyl (C=O) groups excluding carboxylic acids is 1. The first-order chi connectivity index (χ1) is 16.9. The van der Waals surface area contributed by atoms with Gasteiger partial charge in [-0.1, -0.05) is 60.7 Å². The Kier molecular flexibility index (Phi) is 6.52. The molecule has 2 aliphatic heterocycles. The molecule has 2 atom stereocenters. The van der Waals surface area contributed by atoms with E-state index in [1.807, 2.05) is 30.3 Å². The number of benzene rings is 3. The number of halogens is 3. The predicted octanol–water partition coefficient (Wildman–Crippen LogP) is 4.88. The minimum atomic E-state index is -4.40. The van der Waals surface area contributed by atoms with Crippen molar-refractivity contribution in [3.63, 3.8) is 0 Å². The van der Waals surface area contributed by atoms with Crippen molar-refractivity contribution < 1.29 is 18.0 Å². The molecule has 3 aromatic rings. The van der Waals surface area contributed by atoms with E-state index in [2.05, 4.69) is 39.4 Å². The van der Waals surface area contributed by atoms with Gasteiger partial charge in [0.1, 0.15) is 0 Å². The lowest BCUT2D eigenvalue weighted by atomic mass is 9.83. The number of para-hydroxylation sites is 1. The van der Waals surface area contributed by atoms with Crippen LogP contribution in [0.2, 0.25) is 0 Å². The molecule has 0 spiro atoms. The van der Waals surface area contributed by atoms with Gasteiger partial charge in [0.2, 0.25) is 5.91 Å². The molecule has 0 aromatic heterocycles. The number of hydrogen-bond acceptors (Lipinski definition) is 3. The van der Waals surface area contributed by atoms with E-state index >= 15 is 0 Å². The van der Waals surface area contributed by atoms with E-state index < -0.39 is 11.7 Å². The molecule has 1 amide bonds. The Balaban J connectivity index is 1.33. The van der Waals surface area contributed by atoms with Crippen LogP contribution in [0.25, 0.3) is 0 Å². The summed E-state index contributed by atoms with van der Waals surface area (Å²) >= 11 is 0. The summed E-state index contributed by atoms with van der Waals surface area (Å²) in [5.41, 5.74) is 3.29. The number of carbonyl (C=O) groups is 1.